The van der Waals surface area contributed by atoms with Crippen LogP contribution < -0.4 is 10.2 Å². The van der Waals surface area contributed by atoms with Crippen LogP contribution in [0.15, 0.2) is 0 Å². The average Bonchev–Trinajstić information content (AvgIpc) is 2.62. The van der Waals surface area contributed by atoms with Crippen LogP contribution in [0.25, 0.3) is 0 Å². The van der Waals surface area contributed by atoms with Gasteiger partial charge in [0.05, 0.1) is 0 Å². The highest BCUT2D eigenvalue weighted by molar-refractivity contribution is 7.59. The fourth-order valence-corrected chi connectivity index (χ4v) is 5.54. The van der Waals surface area contributed by atoms with Gasteiger partial charge in [-0.25, -0.2) is 10.2 Å². The van der Waals surface area contributed by atoms with E-state index in [2.05, 4.69) is 10.2 Å². The van der Waals surface area contributed by atoms with Gasteiger partial charge in [-0.3, -0.25) is 14.2 Å². The van der Waals surface area contributed by atoms with Crippen molar-refractivity contribution in [3.8, 4) is 0 Å². The van der Waals surface area contributed by atoms with E-state index in [1.165, 1.54) is 19.5 Å². The first-order valence-corrected chi connectivity index (χ1v) is 12.5. The Bertz CT molecular complexity index is 500. The Morgan fingerprint density at radius 3 is 1.44 bits per heavy atom. The maximum atomic E-state index is 12.8. The topological polar surface area (TPSA) is 93.7 Å². The standard InChI is InChI=1S/C19H35N2O5P/c1-14(18(22)25-16-10-6-4-7-11-16)20-27(3,24)21-15(2)19(23)26-17-12-8-5-9-13-17/h14-17H,4-13H2,1-3H3,(H2,20,21,24). The minimum atomic E-state index is -3.12. The van der Waals surface area contributed by atoms with E-state index in [-0.39, 0.29) is 12.2 Å². The number of ether oxygens (including phenoxy) is 2. The van der Waals surface area contributed by atoms with Gasteiger partial charge in [0, 0.05) is 6.66 Å². The molecule has 156 valence electrons. The summed E-state index contributed by atoms with van der Waals surface area (Å²) in [6, 6.07) is -1.42. The number of hydrogen-bond donors (Lipinski definition) is 2. The zero-order chi connectivity index (χ0) is 19.9. The van der Waals surface area contributed by atoms with Gasteiger partial charge in [0.2, 0.25) is 7.44 Å². The predicted molar refractivity (Wildman–Crippen MR) is 105 cm³/mol. The van der Waals surface area contributed by atoms with Gasteiger partial charge in [-0.1, -0.05) is 12.8 Å². The van der Waals surface area contributed by atoms with Crippen molar-refractivity contribution >= 4 is 19.4 Å². The first-order valence-electron chi connectivity index (χ1n) is 10.3. The van der Waals surface area contributed by atoms with E-state index < -0.39 is 31.5 Å². The highest BCUT2D eigenvalue weighted by Crippen LogP contribution is 2.33. The van der Waals surface area contributed by atoms with Crippen LogP contribution in [-0.2, 0) is 23.6 Å². The second kappa shape index (κ2) is 10.6. The van der Waals surface area contributed by atoms with Gasteiger partial charge in [0.25, 0.3) is 0 Å². The monoisotopic (exact) mass is 402 g/mol. The van der Waals surface area contributed by atoms with Gasteiger partial charge in [-0.2, -0.15) is 0 Å². The molecule has 0 heterocycles. The lowest BCUT2D eigenvalue weighted by atomic mass is 9.98. The Balaban J connectivity index is 1.76. The smallest absolute Gasteiger partial charge is 0.323 e. The number of hydrogen-bond acceptors (Lipinski definition) is 5. The quantitative estimate of drug-likeness (QED) is 0.474. The third-order valence-corrected chi connectivity index (χ3v) is 7.02. The molecule has 0 aromatic carbocycles. The molecule has 0 radical (unpaired) electrons. The SMILES string of the molecule is CC(NP(C)(=O)NC(C)C(=O)OC1CCCCC1)C(=O)OC1CCCCC1. The summed E-state index contributed by atoms with van der Waals surface area (Å²) in [5, 5.41) is 5.59. The molecule has 0 aliphatic heterocycles. The first-order chi connectivity index (χ1) is 12.8. The summed E-state index contributed by atoms with van der Waals surface area (Å²) in [7, 11) is -3.12. The number of nitrogens with one attached hydrogen (secondary N) is 2. The van der Waals surface area contributed by atoms with Gasteiger partial charge < -0.3 is 9.47 Å². The lowest BCUT2D eigenvalue weighted by Gasteiger charge is -2.27. The van der Waals surface area contributed by atoms with E-state index in [0.29, 0.717) is 0 Å². The van der Waals surface area contributed by atoms with Crippen LogP contribution in [-0.4, -0.2) is 42.9 Å². The molecule has 2 aliphatic rings. The number of carbonyl (C=O) groups excluding carboxylic acids is 2. The minimum absolute atomic E-state index is 0.0379. The van der Waals surface area contributed by atoms with E-state index in [1.54, 1.807) is 13.8 Å². The van der Waals surface area contributed by atoms with Crippen LogP contribution in [0, 0.1) is 0 Å². The molecule has 2 unspecified atom stereocenters. The van der Waals surface area contributed by atoms with Crippen LogP contribution in [0.3, 0.4) is 0 Å². The molecular formula is C19H35N2O5P. The summed E-state index contributed by atoms with van der Waals surface area (Å²) < 4.78 is 23.8. The van der Waals surface area contributed by atoms with E-state index in [0.717, 1.165) is 51.4 Å². The van der Waals surface area contributed by atoms with E-state index >= 15 is 0 Å². The molecule has 2 fully saturated rings. The van der Waals surface area contributed by atoms with Gasteiger partial charge in [0.1, 0.15) is 24.3 Å². The summed E-state index contributed by atoms with van der Waals surface area (Å²) in [6.07, 6.45) is 10.2. The molecule has 2 saturated carbocycles. The maximum Gasteiger partial charge on any atom is 0.323 e. The molecular weight excluding hydrogens is 367 g/mol. The van der Waals surface area contributed by atoms with E-state index in [4.69, 9.17) is 9.47 Å². The predicted octanol–water partition coefficient (Wildman–Crippen LogP) is 3.52. The Morgan fingerprint density at radius 2 is 1.11 bits per heavy atom. The zero-order valence-corrected chi connectivity index (χ0v) is 17.8. The van der Waals surface area contributed by atoms with Crippen molar-refractivity contribution in [3.05, 3.63) is 0 Å². The molecule has 2 N–H and O–H groups in total. The molecule has 0 amide bonds. The van der Waals surface area contributed by atoms with Gasteiger partial charge >= 0.3 is 11.9 Å². The molecule has 0 bridgehead atoms. The molecule has 7 nitrogen and oxygen atoms in total. The fourth-order valence-electron chi connectivity index (χ4n) is 3.78. The lowest BCUT2D eigenvalue weighted by molar-refractivity contribution is -0.152. The van der Waals surface area contributed by atoms with Crippen LogP contribution in [0.4, 0.5) is 0 Å². The third kappa shape index (κ3) is 7.92. The Kier molecular flexibility index (Phi) is 8.77. The molecule has 0 aromatic rings. The second-order valence-electron chi connectivity index (χ2n) is 8.02. The summed E-state index contributed by atoms with van der Waals surface area (Å²) in [6.45, 7) is 4.74. The summed E-state index contributed by atoms with van der Waals surface area (Å²) in [5.41, 5.74) is 0. The van der Waals surface area contributed by atoms with Crippen molar-refractivity contribution in [1.29, 1.82) is 0 Å². The summed E-state index contributed by atoms with van der Waals surface area (Å²) >= 11 is 0. The molecule has 2 atom stereocenters. The molecule has 0 saturated heterocycles. The molecule has 0 aromatic heterocycles. The normalized spacial score (nSPS) is 23.8. The highest BCUT2D eigenvalue weighted by Gasteiger charge is 2.30. The van der Waals surface area contributed by atoms with Crippen LogP contribution in [0.1, 0.15) is 78.1 Å². The maximum absolute atomic E-state index is 12.8. The minimum Gasteiger partial charge on any atom is -0.461 e. The lowest BCUT2D eigenvalue weighted by Crippen LogP contribution is -2.42. The number of rotatable bonds is 8. The molecule has 2 rings (SSSR count). The molecule has 2 aliphatic carbocycles. The van der Waals surface area contributed by atoms with Gasteiger partial charge in [0.15, 0.2) is 0 Å². The first kappa shape index (κ1) is 22.4. The third-order valence-electron chi connectivity index (χ3n) is 5.26. The number of esters is 2. The summed E-state index contributed by atoms with van der Waals surface area (Å²) in [4.78, 5) is 24.5. The Hall–Kier alpha value is -0.910. The van der Waals surface area contributed by atoms with E-state index in [9.17, 15) is 14.2 Å². The second-order valence-corrected chi connectivity index (χ2v) is 10.4. The zero-order valence-electron chi connectivity index (χ0n) is 16.9. The van der Waals surface area contributed by atoms with E-state index in [1.807, 2.05) is 0 Å². The Labute approximate surface area is 162 Å². The number of carbonyl (C=O) groups is 2. The van der Waals surface area contributed by atoms with Crippen molar-refractivity contribution in [2.45, 2.75) is 102 Å². The average molecular weight is 402 g/mol. The largest absolute Gasteiger partial charge is 0.461 e. The van der Waals surface area contributed by atoms with Crippen molar-refractivity contribution in [2.24, 2.45) is 0 Å². The van der Waals surface area contributed by atoms with Crippen LogP contribution in [0.5, 0.6) is 0 Å². The van der Waals surface area contributed by atoms with Crippen molar-refractivity contribution in [1.82, 2.24) is 10.2 Å². The molecule has 27 heavy (non-hydrogen) atoms. The molecule has 8 heteroatoms. The van der Waals surface area contributed by atoms with Crippen molar-refractivity contribution in [3.63, 3.8) is 0 Å². The van der Waals surface area contributed by atoms with Gasteiger partial charge in [-0.05, 0) is 65.2 Å². The van der Waals surface area contributed by atoms with Gasteiger partial charge in [-0.15, -0.1) is 0 Å². The fraction of sp³-hybridized carbons (Fsp3) is 0.895. The molecule has 0 spiro atoms. The van der Waals surface area contributed by atoms with Crippen LogP contribution >= 0.6 is 7.44 Å². The Morgan fingerprint density at radius 1 is 0.778 bits per heavy atom. The van der Waals surface area contributed by atoms with Crippen molar-refractivity contribution < 1.29 is 23.6 Å². The highest BCUT2D eigenvalue weighted by atomic mass is 31.2. The summed E-state index contributed by atoms with van der Waals surface area (Å²) in [5.74, 6) is -0.800. The van der Waals surface area contributed by atoms with Crippen molar-refractivity contribution in [2.75, 3.05) is 6.66 Å². The van der Waals surface area contributed by atoms with Crippen LogP contribution in [0.2, 0.25) is 0 Å².